The minimum Gasteiger partial charge on any atom is -0.480 e. The number of aliphatic carboxylic acids is 2. The molecule has 0 amide bonds. The van der Waals surface area contributed by atoms with Gasteiger partial charge in [0.2, 0.25) is 6.29 Å². The molecule has 11 nitrogen and oxygen atoms in total. The third kappa shape index (κ3) is 7.01. The minimum atomic E-state index is -1.82. The van der Waals surface area contributed by atoms with Gasteiger partial charge in [-0.2, -0.15) is 0 Å². The third-order valence-electron chi connectivity index (χ3n) is 5.07. The molecule has 2 aromatic carbocycles. The van der Waals surface area contributed by atoms with E-state index in [2.05, 4.69) is 45.2 Å². The molecule has 36 heavy (non-hydrogen) atoms. The maximum absolute atomic E-state index is 11.3. The maximum atomic E-state index is 11.3. The van der Waals surface area contributed by atoms with Gasteiger partial charge in [0.1, 0.15) is 35.9 Å². The number of hydrogen-bond donors (Lipinski definition) is 6. The van der Waals surface area contributed by atoms with E-state index in [1.807, 2.05) is 45.2 Å². The number of nitrogens with two attached hydrogens (primary N) is 1. The number of halogens is 4. The van der Waals surface area contributed by atoms with Crippen molar-refractivity contribution in [2.45, 2.75) is 43.2 Å². The monoisotopic (exact) mass is 953 g/mol. The van der Waals surface area contributed by atoms with E-state index in [1.54, 1.807) is 24.3 Å². The normalized spacial score (nSPS) is 24.7. The van der Waals surface area contributed by atoms with E-state index >= 15 is 0 Å². The van der Waals surface area contributed by atoms with Crippen LogP contribution in [0.1, 0.15) is 5.56 Å². The highest BCUT2D eigenvalue weighted by Gasteiger charge is 2.48. The van der Waals surface area contributed by atoms with Crippen LogP contribution < -0.4 is 15.2 Å². The van der Waals surface area contributed by atoms with Crippen molar-refractivity contribution >= 4 is 102 Å². The predicted octanol–water partition coefficient (Wildman–Crippen LogP) is 2.12. The first-order valence-electron chi connectivity index (χ1n) is 10.0. The standard InChI is InChI=1S/C21H19I4NO10/c22-8-1-6(3-12(26)19(30)31)2-9(23)16(8)34-7-4-10(24)17(11(25)5-7)35-21-15(29)13(27)14(28)18(36-21)20(32)33/h1-2,4-5,12-15,18,21,27-29H,3,26H2,(H,30,31)(H,32,33). The number of carboxylic acid groups (broad SMARTS) is 2. The van der Waals surface area contributed by atoms with Gasteiger partial charge < -0.3 is 45.5 Å². The zero-order chi connectivity index (χ0) is 26.9. The maximum Gasteiger partial charge on any atom is 0.335 e. The predicted molar refractivity (Wildman–Crippen MR) is 158 cm³/mol. The van der Waals surface area contributed by atoms with Crippen LogP contribution in [0.5, 0.6) is 17.2 Å². The van der Waals surface area contributed by atoms with Crippen molar-refractivity contribution in [1.82, 2.24) is 0 Å². The summed E-state index contributed by atoms with van der Waals surface area (Å²) in [5.41, 5.74) is 6.40. The molecular weight excluding hydrogens is 934 g/mol. The number of aliphatic hydroxyl groups is 3. The molecule has 0 aromatic heterocycles. The topological polar surface area (TPSA) is 189 Å². The summed E-state index contributed by atoms with van der Waals surface area (Å²) in [4.78, 5) is 22.4. The van der Waals surface area contributed by atoms with Crippen molar-refractivity contribution in [2.24, 2.45) is 5.73 Å². The molecule has 7 N–H and O–H groups in total. The van der Waals surface area contributed by atoms with Gasteiger partial charge in [0.05, 0.1) is 14.3 Å². The summed E-state index contributed by atoms with van der Waals surface area (Å²) in [6.45, 7) is 0. The lowest BCUT2D eigenvalue weighted by Crippen LogP contribution is -2.61. The molecule has 6 atom stereocenters. The lowest BCUT2D eigenvalue weighted by molar-refractivity contribution is -0.271. The second-order valence-electron chi connectivity index (χ2n) is 7.71. The average molecular weight is 953 g/mol. The number of benzene rings is 2. The molecule has 0 saturated carbocycles. The van der Waals surface area contributed by atoms with E-state index in [1.165, 1.54) is 0 Å². The molecule has 0 spiro atoms. The summed E-state index contributed by atoms with van der Waals surface area (Å²) >= 11 is 8.14. The minimum absolute atomic E-state index is 0.174. The van der Waals surface area contributed by atoms with Gasteiger partial charge in [-0.15, -0.1) is 0 Å². The first kappa shape index (κ1) is 30.2. The highest BCUT2D eigenvalue weighted by Crippen LogP contribution is 2.38. The molecule has 3 rings (SSSR count). The number of aliphatic hydroxyl groups excluding tert-OH is 3. The molecule has 1 aliphatic heterocycles. The summed E-state index contributed by atoms with van der Waals surface area (Å²) in [6, 6.07) is 5.91. The molecule has 1 saturated heterocycles. The Morgan fingerprint density at radius 2 is 1.42 bits per heavy atom. The second-order valence-corrected chi connectivity index (χ2v) is 12.4. The molecule has 0 aliphatic carbocycles. The van der Waals surface area contributed by atoms with Crippen molar-refractivity contribution in [2.75, 3.05) is 0 Å². The molecule has 1 aliphatic rings. The van der Waals surface area contributed by atoms with Crippen molar-refractivity contribution in [3.05, 3.63) is 44.1 Å². The van der Waals surface area contributed by atoms with Gasteiger partial charge in [0.25, 0.3) is 0 Å². The summed E-state index contributed by atoms with van der Waals surface area (Å²) in [5.74, 6) is -1.29. The Balaban J connectivity index is 1.81. The van der Waals surface area contributed by atoms with E-state index in [4.69, 9.17) is 25.1 Å². The van der Waals surface area contributed by atoms with Gasteiger partial charge in [-0.3, -0.25) is 4.79 Å². The lowest BCUT2D eigenvalue weighted by atomic mass is 9.99. The highest BCUT2D eigenvalue weighted by atomic mass is 127. The fourth-order valence-electron chi connectivity index (χ4n) is 3.26. The Kier molecular flexibility index (Phi) is 10.7. The van der Waals surface area contributed by atoms with Crippen molar-refractivity contribution in [3.63, 3.8) is 0 Å². The van der Waals surface area contributed by atoms with Gasteiger partial charge in [0.15, 0.2) is 11.9 Å². The van der Waals surface area contributed by atoms with Crippen LogP contribution in [0.25, 0.3) is 0 Å². The third-order valence-corrected chi connectivity index (χ3v) is 8.27. The summed E-state index contributed by atoms with van der Waals surface area (Å²) in [5, 5.41) is 48.4. The highest BCUT2D eigenvalue weighted by molar-refractivity contribution is 14.1. The molecule has 0 bridgehead atoms. The molecule has 1 heterocycles. The van der Waals surface area contributed by atoms with Crippen molar-refractivity contribution in [3.8, 4) is 17.2 Å². The molecule has 6 unspecified atom stereocenters. The van der Waals surface area contributed by atoms with Gasteiger partial charge in [0, 0.05) is 0 Å². The molecule has 1 fully saturated rings. The van der Waals surface area contributed by atoms with E-state index in [-0.39, 0.29) is 12.2 Å². The summed E-state index contributed by atoms with van der Waals surface area (Å²) in [6.07, 6.45) is -8.42. The first-order valence-corrected chi connectivity index (χ1v) is 14.3. The van der Waals surface area contributed by atoms with Crippen molar-refractivity contribution < 1.29 is 49.3 Å². The summed E-state index contributed by atoms with van der Waals surface area (Å²) < 4.78 is 19.6. The SMILES string of the molecule is NC(Cc1cc(I)c(Oc2cc(I)c(OC3OC(C(=O)O)C(O)C(O)C3O)c(I)c2)c(I)c1)C(=O)O. The molecule has 2 aromatic rings. The second kappa shape index (κ2) is 12.7. The zero-order valence-corrected chi connectivity index (χ0v) is 26.5. The van der Waals surface area contributed by atoms with Crippen LogP contribution in [-0.2, 0) is 20.7 Å². The molecular formula is C21H19I4NO10. The largest absolute Gasteiger partial charge is 0.480 e. The molecule has 15 heteroatoms. The van der Waals surface area contributed by atoms with Crippen LogP contribution in [0.2, 0.25) is 0 Å². The number of ether oxygens (including phenoxy) is 3. The Hall–Kier alpha value is -0.300. The Labute approximate surface area is 259 Å². The number of hydrogen-bond acceptors (Lipinski definition) is 9. The number of carboxylic acids is 2. The van der Waals surface area contributed by atoms with Gasteiger partial charge in [-0.05, 0) is 127 Å². The fraction of sp³-hybridized carbons (Fsp3) is 0.333. The zero-order valence-electron chi connectivity index (χ0n) is 17.8. The van der Waals surface area contributed by atoms with Crippen LogP contribution in [0.3, 0.4) is 0 Å². The smallest absolute Gasteiger partial charge is 0.335 e. The van der Waals surface area contributed by atoms with E-state index in [0.29, 0.717) is 18.6 Å². The Bertz CT molecular complexity index is 1120. The summed E-state index contributed by atoms with van der Waals surface area (Å²) in [7, 11) is 0. The van der Waals surface area contributed by atoms with Crippen LogP contribution in [0.15, 0.2) is 24.3 Å². The lowest BCUT2D eigenvalue weighted by Gasteiger charge is -2.38. The van der Waals surface area contributed by atoms with Crippen LogP contribution in [0, 0.1) is 14.3 Å². The van der Waals surface area contributed by atoms with E-state index in [0.717, 1.165) is 12.7 Å². The fourth-order valence-corrected chi connectivity index (χ4v) is 7.34. The quantitative estimate of drug-likeness (QED) is 0.213. The first-order chi connectivity index (χ1) is 16.8. The van der Waals surface area contributed by atoms with E-state index < -0.39 is 48.7 Å². The number of carbonyl (C=O) groups is 2. The van der Waals surface area contributed by atoms with Gasteiger partial charge in [-0.1, -0.05) is 0 Å². The van der Waals surface area contributed by atoms with Crippen LogP contribution in [-0.4, -0.2) is 74.2 Å². The Morgan fingerprint density at radius 3 is 1.92 bits per heavy atom. The van der Waals surface area contributed by atoms with Crippen molar-refractivity contribution in [1.29, 1.82) is 0 Å². The van der Waals surface area contributed by atoms with Crippen LogP contribution in [0.4, 0.5) is 0 Å². The average Bonchev–Trinajstić information content (AvgIpc) is 2.78. The Morgan fingerprint density at radius 1 is 0.889 bits per heavy atom. The van der Waals surface area contributed by atoms with E-state index in [9.17, 15) is 30.0 Å². The van der Waals surface area contributed by atoms with Crippen LogP contribution >= 0.6 is 90.4 Å². The molecule has 196 valence electrons. The number of rotatable bonds is 8. The molecule has 0 radical (unpaired) electrons. The van der Waals surface area contributed by atoms with Gasteiger partial charge >= 0.3 is 11.9 Å². The van der Waals surface area contributed by atoms with Gasteiger partial charge in [-0.25, -0.2) is 4.79 Å².